The maximum absolute atomic E-state index is 12.7. The van der Waals surface area contributed by atoms with Crippen LogP contribution in [0.5, 0.6) is 0 Å². The lowest BCUT2D eigenvalue weighted by Crippen LogP contribution is -2.44. The number of amides is 2. The Labute approximate surface area is 196 Å². The molecule has 2 heterocycles. The molecule has 2 amide bonds. The van der Waals surface area contributed by atoms with Gasteiger partial charge in [-0.15, -0.1) is 0 Å². The normalized spacial score (nSPS) is 14.8. The topological polar surface area (TPSA) is 99.9 Å². The molecule has 0 radical (unpaired) electrons. The molecular weight excluding hydrogens is 472 g/mol. The fraction of sp³-hybridized carbons (Fsp3) is 0. The summed E-state index contributed by atoms with van der Waals surface area (Å²) >= 11 is 12.2. The van der Waals surface area contributed by atoms with Gasteiger partial charge in [0.1, 0.15) is 11.5 Å². The van der Waals surface area contributed by atoms with Crippen molar-refractivity contribution < 1.29 is 23.9 Å². The average molecular weight is 485 g/mol. The maximum atomic E-state index is 12.7. The number of thiocarbonyl (C=S) groups is 1. The molecule has 7 nitrogen and oxygen atoms in total. The van der Waals surface area contributed by atoms with Crippen LogP contribution in [0.2, 0.25) is 5.02 Å². The standard InChI is InChI=1S/C22H13ClN2O5S2/c23-16-8-6-13(10-15(16)21(28)29)17-9-7-14(30-17)11-18-20(27)25(22(31)32-18)24-19(26)12-4-2-1-3-5-12/h1-11H,(H,24,26)(H,28,29)/b18-11+. The van der Waals surface area contributed by atoms with E-state index in [2.05, 4.69) is 5.43 Å². The molecule has 1 saturated heterocycles. The number of rotatable bonds is 5. The van der Waals surface area contributed by atoms with Crippen LogP contribution in [0.1, 0.15) is 26.5 Å². The Bertz CT molecular complexity index is 1290. The summed E-state index contributed by atoms with van der Waals surface area (Å²) in [5, 5.41) is 10.4. The van der Waals surface area contributed by atoms with Gasteiger partial charge in [-0.05, 0) is 54.7 Å². The van der Waals surface area contributed by atoms with Crippen molar-refractivity contribution in [3.8, 4) is 11.3 Å². The smallest absolute Gasteiger partial charge is 0.337 e. The van der Waals surface area contributed by atoms with Gasteiger partial charge in [-0.25, -0.2) is 4.79 Å². The largest absolute Gasteiger partial charge is 0.478 e. The fourth-order valence-corrected chi connectivity index (χ4v) is 4.23. The number of hydrogen-bond donors (Lipinski definition) is 2. The van der Waals surface area contributed by atoms with E-state index >= 15 is 0 Å². The van der Waals surface area contributed by atoms with Crippen LogP contribution >= 0.6 is 35.6 Å². The third-order valence-electron chi connectivity index (χ3n) is 4.42. The SMILES string of the molecule is O=C(NN1C(=O)/C(=C\c2ccc(-c3ccc(Cl)c(C(=O)O)c3)o2)SC1=S)c1ccccc1. The number of carboxylic acids is 1. The number of benzene rings is 2. The lowest BCUT2D eigenvalue weighted by Gasteiger charge is -2.15. The molecule has 32 heavy (non-hydrogen) atoms. The van der Waals surface area contributed by atoms with Gasteiger partial charge in [-0.3, -0.25) is 15.0 Å². The van der Waals surface area contributed by atoms with E-state index in [0.29, 0.717) is 22.6 Å². The summed E-state index contributed by atoms with van der Waals surface area (Å²) in [5.41, 5.74) is 3.38. The van der Waals surface area contributed by atoms with Gasteiger partial charge in [0.2, 0.25) is 0 Å². The number of carboxylic acid groups (broad SMARTS) is 1. The second kappa shape index (κ2) is 8.99. The van der Waals surface area contributed by atoms with Crippen molar-refractivity contribution in [2.75, 3.05) is 0 Å². The Morgan fingerprint density at radius 1 is 1.12 bits per heavy atom. The highest BCUT2D eigenvalue weighted by Crippen LogP contribution is 2.33. The zero-order valence-corrected chi connectivity index (χ0v) is 18.5. The van der Waals surface area contributed by atoms with Crippen LogP contribution in [0, 0.1) is 0 Å². The van der Waals surface area contributed by atoms with Crippen molar-refractivity contribution in [3.63, 3.8) is 0 Å². The second-order valence-electron chi connectivity index (χ2n) is 6.53. The van der Waals surface area contributed by atoms with Crippen LogP contribution in [0.4, 0.5) is 0 Å². The van der Waals surface area contributed by atoms with Crippen LogP contribution in [0.25, 0.3) is 17.4 Å². The average Bonchev–Trinajstić information content (AvgIpc) is 3.35. The predicted molar refractivity (Wildman–Crippen MR) is 125 cm³/mol. The van der Waals surface area contributed by atoms with E-state index in [1.807, 2.05) is 0 Å². The van der Waals surface area contributed by atoms with Crippen LogP contribution in [0.3, 0.4) is 0 Å². The first kappa shape index (κ1) is 21.8. The molecule has 1 fully saturated rings. The first-order valence-corrected chi connectivity index (χ1v) is 10.7. The minimum Gasteiger partial charge on any atom is -0.478 e. The molecule has 1 aliphatic rings. The molecule has 0 spiro atoms. The highest BCUT2D eigenvalue weighted by Gasteiger charge is 2.34. The number of aromatic carboxylic acids is 1. The van der Waals surface area contributed by atoms with Gasteiger partial charge in [0.15, 0.2) is 4.32 Å². The predicted octanol–water partition coefficient (Wildman–Crippen LogP) is 4.84. The molecule has 3 aromatic rings. The summed E-state index contributed by atoms with van der Waals surface area (Å²) in [6, 6.07) is 16.3. The van der Waals surface area contributed by atoms with Crippen molar-refractivity contribution in [3.05, 3.63) is 87.5 Å². The van der Waals surface area contributed by atoms with Crippen LogP contribution < -0.4 is 5.43 Å². The van der Waals surface area contributed by atoms with Gasteiger partial charge >= 0.3 is 5.97 Å². The van der Waals surface area contributed by atoms with E-state index in [-0.39, 0.29) is 19.8 Å². The molecule has 0 aliphatic carbocycles. The van der Waals surface area contributed by atoms with Gasteiger partial charge in [0, 0.05) is 17.2 Å². The minimum atomic E-state index is -1.15. The highest BCUT2D eigenvalue weighted by atomic mass is 35.5. The van der Waals surface area contributed by atoms with Crippen molar-refractivity contribution in [2.24, 2.45) is 0 Å². The monoisotopic (exact) mass is 484 g/mol. The number of nitrogens with zero attached hydrogens (tertiary/aromatic N) is 1. The van der Waals surface area contributed by atoms with Gasteiger partial charge in [-0.1, -0.05) is 41.6 Å². The Kier molecular flexibility index (Phi) is 6.13. The number of furan rings is 1. The zero-order valence-electron chi connectivity index (χ0n) is 16.1. The van der Waals surface area contributed by atoms with Gasteiger partial charge in [-0.2, -0.15) is 5.01 Å². The van der Waals surface area contributed by atoms with Crippen LogP contribution in [-0.2, 0) is 4.79 Å². The molecule has 4 rings (SSSR count). The van der Waals surface area contributed by atoms with Crippen molar-refractivity contribution in [2.45, 2.75) is 0 Å². The van der Waals surface area contributed by atoms with Crippen LogP contribution in [-0.4, -0.2) is 32.2 Å². The quantitative estimate of drug-likeness (QED) is 0.394. The van der Waals surface area contributed by atoms with Crippen molar-refractivity contribution in [1.29, 1.82) is 0 Å². The lowest BCUT2D eigenvalue weighted by atomic mass is 10.1. The number of carbonyl (C=O) groups excluding carboxylic acids is 2. The fourth-order valence-electron chi connectivity index (χ4n) is 2.88. The number of hydrogen-bond acceptors (Lipinski definition) is 6. The zero-order chi connectivity index (χ0) is 22.8. The Balaban J connectivity index is 1.53. The summed E-state index contributed by atoms with van der Waals surface area (Å²) in [6.45, 7) is 0. The molecule has 160 valence electrons. The van der Waals surface area contributed by atoms with Crippen molar-refractivity contribution in [1.82, 2.24) is 10.4 Å². The molecule has 0 unspecified atom stereocenters. The summed E-state index contributed by atoms with van der Waals surface area (Å²) in [6.07, 6.45) is 1.51. The minimum absolute atomic E-state index is 0.0443. The Morgan fingerprint density at radius 3 is 2.59 bits per heavy atom. The summed E-state index contributed by atoms with van der Waals surface area (Å²) in [7, 11) is 0. The summed E-state index contributed by atoms with van der Waals surface area (Å²) < 4.78 is 5.93. The molecule has 1 aromatic heterocycles. The number of carbonyl (C=O) groups is 3. The molecule has 0 atom stereocenters. The van der Waals surface area contributed by atoms with E-state index < -0.39 is 17.8 Å². The Hall–Kier alpha value is -3.40. The lowest BCUT2D eigenvalue weighted by molar-refractivity contribution is -0.123. The number of thioether (sulfide) groups is 1. The molecule has 2 N–H and O–H groups in total. The second-order valence-corrected chi connectivity index (χ2v) is 8.61. The van der Waals surface area contributed by atoms with E-state index in [1.165, 1.54) is 18.2 Å². The third-order valence-corrected chi connectivity index (χ3v) is 6.06. The third kappa shape index (κ3) is 4.45. The molecule has 1 aliphatic heterocycles. The molecule has 0 bridgehead atoms. The number of hydrazine groups is 1. The van der Waals surface area contributed by atoms with Gasteiger partial charge < -0.3 is 9.52 Å². The maximum Gasteiger partial charge on any atom is 0.337 e. The van der Waals surface area contributed by atoms with Crippen LogP contribution in [0.15, 0.2) is 70.0 Å². The van der Waals surface area contributed by atoms with Gasteiger partial charge in [0.25, 0.3) is 11.8 Å². The highest BCUT2D eigenvalue weighted by molar-refractivity contribution is 8.26. The van der Waals surface area contributed by atoms with Gasteiger partial charge in [0.05, 0.1) is 15.5 Å². The molecule has 0 saturated carbocycles. The van der Waals surface area contributed by atoms with E-state index in [1.54, 1.807) is 48.5 Å². The molecule has 10 heteroatoms. The van der Waals surface area contributed by atoms with E-state index in [9.17, 15) is 19.5 Å². The summed E-state index contributed by atoms with van der Waals surface area (Å²) in [4.78, 5) is 36.7. The first-order chi connectivity index (χ1) is 15.3. The summed E-state index contributed by atoms with van der Waals surface area (Å²) in [5.74, 6) is -1.32. The van der Waals surface area contributed by atoms with E-state index in [0.717, 1.165) is 16.8 Å². The van der Waals surface area contributed by atoms with Crippen molar-refractivity contribution >= 4 is 63.8 Å². The molecular formula is C22H13ClN2O5S2. The number of nitrogens with one attached hydrogen (secondary N) is 1. The Morgan fingerprint density at radius 2 is 1.88 bits per heavy atom. The molecule has 2 aromatic carbocycles. The first-order valence-electron chi connectivity index (χ1n) is 9.10. The van der Waals surface area contributed by atoms with E-state index in [4.69, 9.17) is 28.2 Å². The number of halogens is 1.